The number of halogens is 1. The molecule has 3 heterocycles. The summed E-state index contributed by atoms with van der Waals surface area (Å²) in [4.78, 5) is 23.2. The minimum absolute atomic E-state index is 0.135. The summed E-state index contributed by atoms with van der Waals surface area (Å²) in [7, 11) is 0. The lowest BCUT2D eigenvalue weighted by Gasteiger charge is -1.99. The SMILES string of the molecule is Cc1c(-c2ccc(F)cn2)nc2c(C(=O)O)nccn12. The Hall–Kier alpha value is -2.83. The number of pyridine rings is 1. The first-order valence-electron chi connectivity index (χ1n) is 5.77. The molecule has 0 aliphatic carbocycles. The molecule has 3 rings (SSSR count). The van der Waals surface area contributed by atoms with Crippen LogP contribution < -0.4 is 0 Å². The zero-order chi connectivity index (χ0) is 14.3. The molecule has 0 unspecified atom stereocenters. The van der Waals surface area contributed by atoms with Gasteiger partial charge < -0.3 is 9.51 Å². The van der Waals surface area contributed by atoms with Gasteiger partial charge >= 0.3 is 5.97 Å². The van der Waals surface area contributed by atoms with Crippen LogP contribution in [0.25, 0.3) is 17.0 Å². The molecule has 3 aromatic rings. The molecule has 0 aliphatic heterocycles. The molecule has 0 atom stereocenters. The summed E-state index contributed by atoms with van der Waals surface area (Å²) in [5, 5.41) is 9.11. The van der Waals surface area contributed by atoms with Crippen LogP contribution in [0.1, 0.15) is 16.2 Å². The Morgan fingerprint density at radius 3 is 2.80 bits per heavy atom. The molecule has 0 saturated heterocycles. The van der Waals surface area contributed by atoms with Gasteiger partial charge in [0, 0.05) is 18.1 Å². The van der Waals surface area contributed by atoms with Crippen molar-refractivity contribution >= 4 is 11.6 Å². The van der Waals surface area contributed by atoms with Crippen molar-refractivity contribution in [1.29, 1.82) is 0 Å². The van der Waals surface area contributed by atoms with E-state index in [1.807, 2.05) is 0 Å². The van der Waals surface area contributed by atoms with Gasteiger partial charge in [-0.15, -0.1) is 0 Å². The Morgan fingerprint density at radius 2 is 2.15 bits per heavy atom. The van der Waals surface area contributed by atoms with Gasteiger partial charge in [-0.3, -0.25) is 4.98 Å². The summed E-state index contributed by atoms with van der Waals surface area (Å²) in [5.41, 5.74) is 1.79. The van der Waals surface area contributed by atoms with E-state index in [1.54, 1.807) is 17.5 Å². The molecule has 1 N–H and O–H groups in total. The van der Waals surface area contributed by atoms with Crippen LogP contribution in [0.3, 0.4) is 0 Å². The number of hydrogen-bond acceptors (Lipinski definition) is 4. The Balaban J connectivity index is 2.28. The van der Waals surface area contributed by atoms with E-state index in [2.05, 4.69) is 15.0 Å². The highest BCUT2D eigenvalue weighted by molar-refractivity contribution is 5.92. The fraction of sp³-hybridized carbons (Fsp3) is 0.0769. The third-order valence-corrected chi connectivity index (χ3v) is 2.95. The van der Waals surface area contributed by atoms with Crippen molar-refractivity contribution < 1.29 is 14.3 Å². The van der Waals surface area contributed by atoms with Gasteiger partial charge in [0.05, 0.1) is 11.9 Å². The highest BCUT2D eigenvalue weighted by atomic mass is 19.1. The molecule has 0 fully saturated rings. The predicted octanol–water partition coefficient (Wildman–Crippen LogP) is 1.94. The summed E-state index contributed by atoms with van der Waals surface area (Å²) in [6.07, 6.45) is 4.11. The average Bonchev–Trinajstić information content (AvgIpc) is 2.77. The Morgan fingerprint density at radius 1 is 1.35 bits per heavy atom. The number of fused-ring (bicyclic) bond motifs is 1. The lowest BCUT2D eigenvalue weighted by molar-refractivity contribution is 0.0692. The molecule has 0 spiro atoms. The topological polar surface area (TPSA) is 80.4 Å². The van der Waals surface area contributed by atoms with Gasteiger partial charge in [-0.05, 0) is 19.1 Å². The monoisotopic (exact) mass is 272 g/mol. The van der Waals surface area contributed by atoms with Crippen molar-refractivity contribution in [2.45, 2.75) is 6.92 Å². The van der Waals surface area contributed by atoms with Crippen molar-refractivity contribution in [1.82, 2.24) is 19.4 Å². The van der Waals surface area contributed by atoms with Crippen LogP contribution in [0, 0.1) is 12.7 Å². The van der Waals surface area contributed by atoms with E-state index in [-0.39, 0.29) is 11.3 Å². The highest BCUT2D eigenvalue weighted by Crippen LogP contribution is 2.23. The van der Waals surface area contributed by atoms with Gasteiger partial charge in [0.2, 0.25) is 0 Å². The molecule has 20 heavy (non-hydrogen) atoms. The van der Waals surface area contributed by atoms with E-state index in [9.17, 15) is 9.18 Å². The number of carbonyl (C=O) groups is 1. The number of carboxylic acids is 1. The number of rotatable bonds is 2. The van der Waals surface area contributed by atoms with Gasteiger partial charge in [0.15, 0.2) is 11.3 Å². The van der Waals surface area contributed by atoms with E-state index in [0.717, 1.165) is 6.20 Å². The van der Waals surface area contributed by atoms with E-state index >= 15 is 0 Å². The summed E-state index contributed by atoms with van der Waals surface area (Å²) in [5.74, 6) is -1.60. The Bertz CT molecular complexity index is 811. The maximum atomic E-state index is 12.9. The summed E-state index contributed by atoms with van der Waals surface area (Å²) in [6, 6.07) is 2.78. The minimum Gasteiger partial charge on any atom is -0.476 e. The number of aryl methyl sites for hydroxylation is 1. The van der Waals surface area contributed by atoms with Crippen LogP contribution in [0.2, 0.25) is 0 Å². The van der Waals surface area contributed by atoms with Gasteiger partial charge in [-0.1, -0.05) is 0 Å². The normalized spacial score (nSPS) is 10.9. The molecule has 3 aromatic heterocycles. The van der Waals surface area contributed by atoms with E-state index in [0.29, 0.717) is 17.1 Å². The number of imidazole rings is 1. The lowest BCUT2D eigenvalue weighted by atomic mass is 10.2. The van der Waals surface area contributed by atoms with Crippen molar-refractivity contribution in [3.8, 4) is 11.4 Å². The van der Waals surface area contributed by atoms with Gasteiger partial charge in [-0.25, -0.2) is 19.2 Å². The van der Waals surface area contributed by atoms with Crippen LogP contribution in [0.5, 0.6) is 0 Å². The molecule has 0 saturated carbocycles. The van der Waals surface area contributed by atoms with E-state index in [1.165, 1.54) is 18.3 Å². The van der Waals surface area contributed by atoms with Crippen molar-refractivity contribution in [2.24, 2.45) is 0 Å². The highest BCUT2D eigenvalue weighted by Gasteiger charge is 2.18. The number of aromatic carboxylic acids is 1. The number of nitrogens with zero attached hydrogens (tertiary/aromatic N) is 4. The standard InChI is InChI=1S/C13H9FN4O2/c1-7-10(9-3-2-8(14)6-16-9)17-12-11(13(19)20)15-4-5-18(7)12/h2-6H,1H3,(H,19,20). The maximum Gasteiger partial charge on any atom is 0.358 e. The smallest absolute Gasteiger partial charge is 0.358 e. The Labute approximate surface area is 112 Å². The van der Waals surface area contributed by atoms with Crippen molar-refractivity contribution in [3.63, 3.8) is 0 Å². The molecular formula is C13H9FN4O2. The molecular weight excluding hydrogens is 263 g/mol. The molecule has 0 aromatic carbocycles. The second kappa shape index (κ2) is 4.37. The lowest BCUT2D eigenvalue weighted by Crippen LogP contribution is -2.04. The van der Waals surface area contributed by atoms with Crippen molar-refractivity contribution in [2.75, 3.05) is 0 Å². The van der Waals surface area contributed by atoms with Crippen LogP contribution in [0.15, 0.2) is 30.7 Å². The second-order valence-electron chi connectivity index (χ2n) is 4.18. The zero-order valence-electron chi connectivity index (χ0n) is 10.4. The first-order chi connectivity index (χ1) is 9.58. The Kier molecular flexibility index (Phi) is 2.67. The maximum absolute atomic E-state index is 12.9. The fourth-order valence-electron chi connectivity index (χ4n) is 2.00. The zero-order valence-corrected chi connectivity index (χ0v) is 10.4. The first kappa shape index (κ1) is 12.2. The van der Waals surface area contributed by atoms with E-state index in [4.69, 9.17) is 5.11 Å². The third kappa shape index (κ3) is 1.80. The van der Waals surface area contributed by atoms with E-state index < -0.39 is 11.8 Å². The van der Waals surface area contributed by atoms with Crippen molar-refractivity contribution in [3.05, 3.63) is 47.9 Å². The number of hydrogen-bond donors (Lipinski definition) is 1. The molecule has 0 bridgehead atoms. The average molecular weight is 272 g/mol. The minimum atomic E-state index is -1.15. The summed E-state index contributed by atoms with van der Waals surface area (Å²) in [6.45, 7) is 1.78. The second-order valence-corrected chi connectivity index (χ2v) is 4.18. The number of carboxylic acid groups (broad SMARTS) is 1. The van der Waals surface area contributed by atoms with Crippen LogP contribution in [-0.4, -0.2) is 30.4 Å². The molecule has 6 nitrogen and oxygen atoms in total. The molecule has 7 heteroatoms. The van der Waals surface area contributed by atoms with Gasteiger partial charge in [0.1, 0.15) is 11.5 Å². The first-order valence-corrected chi connectivity index (χ1v) is 5.77. The van der Waals surface area contributed by atoms with Gasteiger partial charge in [0.25, 0.3) is 0 Å². The molecule has 0 aliphatic rings. The predicted molar refractivity (Wildman–Crippen MR) is 67.9 cm³/mol. The largest absolute Gasteiger partial charge is 0.476 e. The molecule has 0 radical (unpaired) electrons. The fourth-order valence-corrected chi connectivity index (χ4v) is 2.00. The molecule has 100 valence electrons. The molecule has 0 amide bonds. The number of aromatic nitrogens is 4. The quantitative estimate of drug-likeness (QED) is 0.771. The summed E-state index contributed by atoms with van der Waals surface area (Å²) < 4.78 is 14.5. The van der Waals surface area contributed by atoms with Crippen LogP contribution in [0.4, 0.5) is 4.39 Å². The van der Waals surface area contributed by atoms with Crippen LogP contribution in [-0.2, 0) is 0 Å². The summed E-state index contributed by atoms with van der Waals surface area (Å²) >= 11 is 0. The van der Waals surface area contributed by atoms with Gasteiger partial charge in [-0.2, -0.15) is 0 Å². The third-order valence-electron chi connectivity index (χ3n) is 2.95. The van der Waals surface area contributed by atoms with Crippen LogP contribution >= 0.6 is 0 Å².